The summed E-state index contributed by atoms with van der Waals surface area (Å²) in [6.07, 6.45) is 1.94. The molecule has 3 rings (SSSR count). The number of sulfone groups is 1. The average molecular weight is 216 g/mol. The quantitative estimate of drug-likeness (QED) is 0.592. The third-order valence-corrected chi connectivity index (χ3v) is 5.19. The first kappa shape index (κ1) is 8.79. The normalized spacial score (nSPS) is 35.1. The van der Waals surface area contributed by atoms with Crippen molar-refractivity contribution in [1.29, 1.82) is 0 Å². The molecule has 3 aliphatic rings. The molecule has 14 heavy (non-hydrogen) atoms. The maximum Gasteiger partial charge on any atom is 0.221 e. The van der Waals surface area contributed by atoms with Crippen LogP contribution in [-0.2, 0) is 14.6 Å². The lowest BCUT2D eigenvalue weighted by Crippen LogP contribution is -2.48. The van der Waals surface area contributed by atoms with Gasteiger partial charge in [0.15, 0.2) is 9.84 Å². The van der Waals surface area contributed by atoms with E-state index in [4.69, 9.17) is 4.74 Å². The Hall–Kier alpha value is -0.490. The van der Waals surface area contributed by atoms with E-state index in [0.717, 1.165) is 6.42 Å². The van der Waals surface area contributed by atoms with Gasteiger partial charge >= 0.3 is 0 Å². The molecule has 6 heteroatoms. The Bertz CT molecular complexity index is 381. The fourth-order valence-corrected chi connectivity index (χ4v) is 3.97. The first-order chi connectivity index (χ1) is 6.58. The van der Waals surface area contributed by atoms with Crippen molar-refractivity contribution < 1.29 is 13.2 Å². The molecule has 0 aliphatic carbocycles. The van der Waals surface area contributed by atoms with Gasteiger partial charge in [0.05, 0.1) is 18.1 Å². The Morgan fingerprint density at radius 1 is 1.07 bits per heavy atom. The minimum Gasteiger partial charge on any atom is -0.370 e. The van der Waals surface area contributed by atoms with E-state index in [0.29, 0.717) is 19.4 Å². The van der Waals surface area contributed by atoms with E-state index in [2.05, 4.69) is 10.2 Å². The van der Waals surface area contributed by atoms with Crippen LogP contribution in [0.1, 0.15) is 19.3 Å². The van der Waals surface area contributed by atoms with Crippen molar-refractivity contribution >= 4 is 9.84 Å². The minimum absolute atomic E-state index is 0.222. The fraction of sp³-hybridized carbons (Fsp3) is 1.00. The minimum atomic E-state index is -2.83. The van der Waals surface area contributed by atoms with Gasteiger partial charge in [-0.25, -0.2) is 8.42 Å². The van der Waals surface area contributed by atoms with Crippen LogP contribution in [0.4, 0.5) is 0 Å². The second-order valence-electron chi connectivity index (χ2n) is 4.26. The van der Waals surface area contributed by atoms with Crippen LogP contribution in [0, 0.1) is 0 Å². The highest BCUT2D eigenvalue weighted by Crippen LogP contribution is 2.53. The van der Waals surface area contributed by atoms with Crippen molar-refractivity contribution in [2.45, 2.75) is 30.5 Å². The summed E-state index contributed by atoms with van der Waals surface area (Å²) in [6, 6.07) is 0. The molecule has 2 spiro atoms. The first-order valence-electron chi connectivity index (χ1n) is 4.86. The second-order valence-corrected chi connectivity index (χ2v) is 6.56. The van der Waals surface area contributed by atoms with Gasteiger partial charge in [0.2, 0.25) is 5.66 Å². The highest BCUT2D eigenvalue weighted by molar-refractivity contribution is 7.91. The Kier molecular flexibility index (Phi) is 1.48. The van der Waals surface area contributed by atoms with Gasteiger partial charge in [-0.3, -0.25) is 0 Å². The lowest BCUT2D eigenvalue weighted by Gasteiger charge is -2.34. The van der Waals surface area contributed by atoms with Crippen molar-refractivity contribution in [3.05, 3.63) is 0 Å². The molecule has 2 saturated heterocycles. The topological polar surface area (TPSA) is 68.1 Å². The summed E-state index contributed by atoms with van der Waals surface area (Å²) in [6.45, 7) is 0.660. The molecule has 3 aliphatic heterocycles. The molecule has 78 valence electrons. The zero-order valence-electron chi connectivity index (χ0n) is 7.77. The third-order valence-electron chi connectivity index (χ3n) is 3.53. The molecule has 0 atom stereocenters. The predicted octanol–water partition coefficient (Wildman–Crippen LogP) is 0.516. The van der Waals surface area contributed by atoms with Crippen LogP contribution in [0.25, 0.3) is 0 Å². The Morgan fingerprint density at radius 3 is 2.29 bits per heavy atom. The van der Waals surface area contributed by atoms with Crippen LogP contribution in [-0.4, -0.2) is 37.8 Å². The summed E-state index contributed by atoms with van der Waals surface area (Å²) in [5, 5.41) is 8.13. The Balaban J connectivity index is 1.86. The summed E-state index contributed by atoms with van der Waals surface area (Å²) < 4.78 is 28.3. The van der Waals surface area contributed by atoms with Crippen LogP contribution in [0.3, 0.4) is 0 Å². The van der Waals surface area contributed by atoms with Crippen LogP contribution in [0.2, 0.25) is 0 Å². The molecule has 5 nitrogen and oxygen atoms in total. The van der Waals surface area contributed by atoms with Crippen LogP contribution >= 0.6 is 0 Å². The molecular weight excluding hydrogens is 204 g/mol. The monoisotopic (exact) mass is 216 g/mol. The summed E-state index contributed by atoms with van der Waals surface area (Å²) in [5.74, 6) is 0.444. The molecule has 0 bridgehead atoms. The van der Waals surface area contributed by atoms with E-state index in [1.165, 1.54) is 0 Å². The van der Waals surface area contributed by atoms with Crippen molar-refractivity contribution in [3.8, 4) is 0 Å². The largest absolute Gasteiger partial charge is 0.370 e. The molecule has 0 saturated carbocycles. The average Bonchev–Trinajstić information content (AvgIpc) is 2.80. The highest BCUT2D eigenvalue weighted by atomic mass is 32.2. The molecular formula is C8H12N2O3S. The third kappa shape index (κ3) is 1.01. The van der Waals surface area contributed by atoms with Gasteiger partial charge in [-0.2, -0.15) is 10.2 Å². The van der Waals surface area contributed by atoms with Crippen molar-refractivity contribution in [3.63, 3.8) is 0 Å². The molecule has 0 N–H and O–H groups in total. The molecule has 0 aromatic carbocycles. The van der Waals surface area contributed by atoms with Crippen LogP contribution < -0.4 is 0 Å². The van der Waals surface area contributed by atoms with Crippen molar-refractivity contribution in [2.24, 2.45) is 10.2 Å². The van der Waals surface area contributed by atoms with Gasteiger partial charge < -0.3 is 4.74 Å². The molecule has 0 amide bonds. The molecule has 0 radical (unpaired) electrons. The summed E-state index contributed by atoms with van der Waals surface area (Å²) in [7, 11) is -2.83. The lowest BCUT2D eigenvalue weighted by atomic mass is 9.85. The van der Waals surface area contributed by atoms with Gasteiger partial charge in [0.1, 0.15) is 5.60 Å². The number of nitrogens with zero attached hydrogens (tertiary/aromatic N) is 2. The number of hydrogen-bond acceptors (Lipinski definition) is 5. The Morgan fingerprint density at radius 2 is 1.71 bits per heavy atom. The molecule has 3 heterocycles. The molecule has 2 fully saturated rings. The molecule has 0 aromatic rings. The van der Waals surface area contributed by atoms with E-state index in [1.54, 1.807) is 0 Å². The molecule has 0 unspecified atom stereocenters. The maximum atomic E-state index is 11.3. The number of ether oxygens (including phenoxy) is 1. The predicted molar refractivity (Wildman–Crippen MR) is 48.8 cm³/mol. The standard InChI is InChI=1S/C8H12N2O3S/c11-14(12)5-2-7(3-6-14)8(9-10-8)1-4-13-7/h1-6H2. The van der Waals surface area contributed by atoms with Gasteiger partial charge in [0.25, 0.3) is 0 Å². The van der Waals surface area contributed by atoms with E-state index < -0.39 is 9.84 Å². The Labute approximate surface area is 82.5 Å². The van der Waals surface area contributed by atoms with E-state index >= 15 is 0 Å². The lowest BCUT2D eigenvalue weighted by molar-refractivity contribution is -0.0218. The summed E-state index contributed by atoms with van der Waals surface area (Å²) >= 11 is 0. The van der Waals surface area contributed by atoms with Crippen LogP contribution in [0.15, 0.2) is 10.2 Å². The van der Waals surface area contributed by atoms with Gasteiger partial charge in [-0.1, -0.05) is 0 Å². The first-order valence-corrected chi connectivity index (χ1v) is 6.68. The highest BCUT2D eigenvalue weighted by Gasteiger charge is 2.64. The van der Waals surface area contributed by atoms with E-state index in [-0.39, 0.29) is 22.8 Å². The van der Waals surface area contributed by atoms with Gasteiger partial charge in [-0.15, -0.1) is 0 Å². The summed E-state index contributed by atoms with van der Waals surface area (Å²) in [4.78, 5) is 0. The number of rotatable bonds is 0. The fourth-order valence-electron chi connectivity index (χ4n) is 2.49. The molecule has 0 aromatic heterocycles. The van der Waals surface area contributed by atoms with Gasteiger partial charge in [-0.05, 0) is 12.8 Å². The smallest absolute Gasteiger partial charge is 0.221 e. The number of fused-ring (bicyclic) bond motifs is 1. The maximum absolute atomic E-state index is 11.3. The zero-order chi connectivity index (χ0) is 9.86. The van der Waals surface area contributed by atoms with Crippen molar-refractivity contribution in [1.82, 2.24) is 0 Å². The number of hydrogen-bond donors (Lipinski definition) is 0. The second kappa shape index (κ2) is 2.36. The van der Waals surface area contributed by atoms with Crippen LogP contribution in [0.5, 0.6) is 0 Å². The van der Waals surface area contributed by atoms with E-state index in [1.807, 2.05) is 0 Å². The summed E-state index contributed by atoms with van der Waals surface area (Å²) in [5.41, 5.74) is -0.735. The van der Waals surface area contributed by atoms with E-state index in [9.17, 15) is 8.42 Å². The SMILES string of the molecule is O=S1(=O)CCC2(CC1)OCCC21N=N1. The van der Waals surface area contributed by atoms with Crippen molar-refractivity contribution in [2.75, 3.05) is 18.1 Å². The van der Waals surface area contributed by atoms with Gasteiger partial charge in [0, 0.05) is 6.42 Å². The zero-order valence-corrected chi connectivity index (χ0v) is 8.59.